The molecule has 1 fully saturated rings. The Kier molecular flexibility index (Phi) is 3.54. The van der Waals surface area contributed by atoms with Gasteiger partial charge in [0.25, 0.3) is 0 Å². The van der Waals surface area contributed by atoms with Gasteiger partial charge >= 0.3 is 0 Å². The van der Waals surface area contributed by atoms with Crippen molar-refractivity contribution in [2.24, 2.45) is 0 Å². The van der Waals surface area contributed by atoms with Crippen molar-refractivity contribution >= 4 is 27.4 Å². The molecule has 0 atom stereocenters. The Bertz CT molecular complexity index is 756. The molecule has 0 unspecified atom stereocenters. The summed E-state index contributed by atoms with van der Waals surface area (Å²) in [6.45, 7) is 4.23. The second-order valence-electron chi connectivity index (χ2n) is 5.69. The predicted molar refractivity (Wildman–Crippen MR) is 89.5 cm³/mol. The molecule has 114 valence electrons. The quantitative estimate of drug-likeness (QED) is 0.744. The normalized spacial score (nSPS) is 16.5. The zero-order valence-corrected chi connectivity index (χ0v) is 13.5. The molecule has 0 aromatic carbocycles. The summed E-state index contributed by atoms with van der Waals surface area (Å²) in [7, 11) is 0. The van der Waals surface area contributed by atoms with Crippen molar-refractivity contribution in [3.8, 4) is 0 Å². The molecular formula is C16H19N5S. The molecule has 1 aliphatic rings. The van der Waals surface area contributed by atoms with Crippen LogP contribution in [0.5, 0.6) is 0 Å². The van der Waals surface area contributed by atoms with Crippen LogP contribution >= 0.6 is 11.3 Å². The van der Waals surface area contributed by atoms with Crippen LogP contribution in [0, 0.1) is 0 Å². The van der Waals surface area contributed by atoms with Crippen LogP contribution in [0.4, 0.5) is 5.82 Å². The van der Waals surface area contributed by atoms with Crippen LogP contribution in [-0.2, 0) is 6.42 Å². The van der Waals surface area contributed by atoms with E-state index in [1.807, 2.05) is 12.3 Å². The van der Waals surface area contributed by atoms with Crippen LogP contribution in [-0.4, -0.2) is 32.8 Å². The highest BCUT2D eigenvalue weighted by Crippen LogP contribution is 2.33. The van der Waals surface area contributed by atoms with E-state index >= 15 is 0 Å². The smallest absolute Gasteiger partial charge is 0.140 e. The number of hydrogen-bond acceptors (Lipinski definition) is 5. The summed E-state index contributed by atoms with van der Waals surface area (Å²) >= 11 is 1.78. The number of piperidine rings is 1. The van der Waals surface area contributed by atoms with E-state index in [2.05, 4.69) is 43.8 Å². The first-order valence-corrected chi connectivity index (χ1v) is 8.64. The average Bonchev–Trinajstić information content (AvgIpc) is 3.23. The second-order valence-corrected chi connectivity index (χ2v) is 6.80. The van der Waals surface area contributed by atoms with E-state index in [-0.39, 0.29) is 0 Å². The number of anilines is 1. The fraction of sp³-hybridized carbons (Fsp3) is 0.438. The van der Waals surface area contributed by atoms with Gasteiger partial charge in [0.2, 0.25) is 0 Å². The molecule has 4 rings (SSSR count). The number of thiophene rings is 1. The van der Waals surface area contributed by atoms with Crippen molar-refractivity contribution in [2.75, 3.05) is 18.0 Å². The fourth-order valence-corrected chi connectivity index (χ4v) is 4.09. The zero-order valence-electron chi connectivity index (χ0n) is 12.6. The van der Waals surface area contributed by atoms with E-state index in [4.69, 9.17) is 0 Å². The van der Waals surface area contributed by atoms with Gasteiger partial charge < -0.3 is 4.90 Å². The second kappa shape index (κ2) is 5.68. The summed E-state index contributed by atoms with van der Waals surface area (Å²) in [5.74, 6) is 1.10. The lowest BCUT2D eigenvalue weighted by molar-refractivity contribution is 0.366. The molecule has 4 heterocycles. The summed E-state index contributed by atoms with van der Waals surface area (Å²) < 4.78 is 2.09. The SMILES string of the molecule is CCc1cc2c(N3CCC(n4cccn4)CC3)ncnc2s1. The summed E-state index contributed by atoms with van der Waals surface area (Å²) in [4.78, 5) is 13.9. The van der Waals surface area contributed by atoms with Crippen LogP contribution in [0.2, 0.25) is 0 Å². The summed E-state index contributed by atoms with van der Waals surface area (Å²) in [6.07, 6.45) is 8.90. The lowest BCUT2D eigenvalue weighted by atomic mass is 10.1. The van der Waals surface area contributed by atoms with Crippen molar-refractivity contribution in [2.45, 2.75) is 32.2 Å². The molecule has 5 nitrogen and oxygen atoms in total. The number of aromatic nitrogens is 4. The van der Waals surface area contributed by atoms with Crippen LogP contribution in [0.15, 0.2) is 30.9 Å². The Morgan fingerprint density at radius 3 is 2.86 bits per heavy atom. The van der Waals surface area contributed by atoms with E-state index in [1.165, 1.54) is 10.3 Å². The highest BCUT2D eigenvalue weighted by atomic mass is 32.1. The third-order valence-corrected chi connectivity index (χ3v) is 5.56. The summed E-state index contributed by atoms with van der Waals surface area (Å²) in [5.41, 5.74) is 0. The van der Waals surface area contributed by atoms with E-state index in [0.717, 1.165) is 43.0 Å². The monoisotopic (exact) mass is 313 g/mol. The molecule has 0 aliphatic carbocycles. The van der Waals surface area contributed by atoms with Crippen molar-refractivity contribution in [3.05, 3.63) is 35.7 Å². The molecule has 0 radical (unpaired) electrons. The van der Waals surface area contributed by atoms with Crippen molar-refractivity contribution in [3.63, 3.8) is 0 Å². The minimum atomic E-state index is 0.511. The molecule has 3 aromatic rings. The lowest BCUT2D eigenvalue weighted by Gasteiger charge is -2.33. The van der Waals surface area contributed by atoms with Gasteiger partial charge in [0.1, 0.15) is 17.0 Å². The Hall–Kier alpha value is -1.95. The third-order valence-electron chi connectivity index (χ3n) is 4.37. The van der Waals surface area contributed by atoms with Crippen LogP contribution in [0.25, 0.3) is 10.2 Å². The number of hydrogen-bond donors (Lipinski definition) is 0. The number of aryl methyl sites for hydroxylation is 1. The van der Waals surface area contributed by atoms with Crippen LogP contribution in [0.1, 0.15) is 30.7 Å². The minimum Gasteiger partial charge on any atom is -0.356 e. The molecule has 6 heteroatoms. The highest BCUT2D eigenvalue weighted by Gasteiger charge is 2.23. The van der Waals surface area contributed by atoms with E-state index in [0.29, 0.717) is 6.04 Å². The van der Waals surface area contributed by atoms with E-state index in [1.54, 1.807) is 17.7 Å². The summed E-state index contributed by atoms with van der Waals surface area (Å²) in [5, 5.41) is 5.59. The Morgan fingerprint density at radius 2 is 2.14 bits per heavy atom. The first-order valence-electron chi connectivity index (χ1n) is 7.82. The molecule has 22 heavy (non-hydrogen) atoms. The molecule has 0 bridgehead atoms. The van der Waals surface area contributed by atoms with E-state index in [9.17, 15) is 0 Å². The lowest BCUT2D eigenvalue weighted by Crippen LogP contribution is -2.35. The van der Waals surface area contributed by atoms with Gasteiger partial charge in [-0.2, -0.15) is 5.10 Å². The van der Waals surface area contributed by atoms with Crippen molar-refractivity contribution in [1.82, 2.24) is 19.7 Å². The molecule has 0 amide bonds. The third kappa shape index (κ3) is 2.37. The van der Waals surface area contributed by atoms with Gasteiger partial charge in [-0.05, 0) is 31.4 Å². The molecule has 0 spiro atoms. The number of fused-ring (bicyclic) bond motifs is 1. The maximum absolute atomic E-state index is 4.57. The Morgan fingerprint density at radius 1 is 1.27 bits per heavy atom. The van der Waals surface area contributed by atoms with Crippen LogP contribution < -0.4 is 4.90 Å². The van der Waals surface area contributed by atoms with Crippen LogP contribution in [0.3, 0.4) is 0 Å². The molecular weight excluding hydrogens is 294 g/mol. The topological polar surface area (TPSA) is 46.8 Å². The molecule has 1 saturated heterocycles. The van der Waals surface area contributed by atoms with Crippen molar-refractivity contribution in [1.29, 1.82) is 0 Å². The van der Waals surface area contributed by atoms with Gasteiger partial charge in [0.15, 0.2) is 0 Å². The summed E-state index contributed by atoms with van der Waals surface area (Å²) in [6, 6.07) is 4.77. The Balaban J connectivity index is 1.57. The van der Waals surface area contributed by atoms with Gasteiger partial charge in [-0.1, -0.05) is 6.92 Å². The largest absolute Gasteiger partial charge is 0.356 e. The van der Waals surface area contributed by atoms with Gasteiger partial charge in [0, 0.05) is 30.4 Å². The van der Waals surface area contributed by atoms with Gasteiger partial charge in [-0.15, -0.1) is 11.3 Å². The zero-order chi connectivity index (χ0) is 14.9. The van der Waals surface area contributed by atoms with E-state index < -0.39 is 0 Å². The van der Waals surface area contributed by atoms with Gasteiger partial charge in [-0.3, -0.25) is 4.68 Å². The number of rotatable bonds is 3. The Labute approximate surface area is 133 Å². The molecule has 1 aliphatic heterocycles. The van der Waals surface area contributed by atoms with Crippen molar-refractivity contribution < 1.29 is 0 Å². The van der Waals surface area contributed by atoms with Gasteiger partial charge in [-0.25, -0.2) is 9.97 Å². The maximum atomic E-state index is 4.57. The van der Waals surface area contributed by atoms with Gasteiger partial charge in [0.05, 0.1) is 11.4 Å². The first kappa shape index (κ1) is 13.7. The number of nitrogens with zero attached hydrogens (tertiary/aromatic N) is 5. The fourth-order valence-electron chi connectivity index (χ4n) is 3.16. The average molecular weight is 313 g/mol. The molecule has 0 saturated carbocycles. The first-order chi connectivity index (χ1) is 10.8. The predicted octanol–water partition coefficient (Wildman–Crippen LogP) is 3.29. The maximum Gasteiger partial charge on any atom is 0.140 e. The molecule has 0 N–H and O–H groups in total. The highest BCUT2D eigenvalue weighted by molar-refractivity contribution is 7.18. The standard InChI is InChI=1S/C16H19N5S/c1-2-13-10-14-15(17-11-18-16(14)22-13)20-8-4-12(5-9-20)21-7-3-6-19-21/h3,6-7,10-12H,2,4-5,8-9H2,1H3. The minimum absolute atomic E-state index is 0.511. The molecule has 3 aromatic heterocycles.